The molecule has 1 amide bonds. The van der Waals surface area contributed by atoms with Crippen LogP contribution in [0.3, 0.4) is 0 Å². The van der Waals surface area contributed by atoms with Gasteiger partial charge in [0.15, 0.2) is 0 Å². The summed E-state index contributed by atoms with van der Waals surface area (Å²) < 4.78 is 6.65. The summed E-state index contributed by atoms with van der Waals surface area (Å²) in [7, 11) is 1.64. The summed E-state index contributed by atoms with van der Waals surface area (Å²) in [6, 6.07) is 1.80. The van der Waals surface area contributed by atoms with Crippen LogP contribution in [0.25, 0.3) is 10.9 Å². The summed E-state index contributed by atoms with van der Waals surface area (Å²) in [5, 5.41) is 3.58. The van der Waals surface area contributed by atoms with Crippen LogP contribution in [0.15, 0.2) is 23.3 Å². The second-order valence-electron chi connectivity index (χ2n) is 4.76. The van der Waals surface area contributed by atoms with Crippen molar-refractivity contribution in [3.05, 3.63) is 34.4 Å². The highest BCUT2D eigenvalue weighted by atomic mass is 16.5. The minimum Gasteiger partial charge on any atom is -0.379 e. The van der Waals surface area contributed by atoms with Gasteiger partial charge in [-0.1, -0.05) is 0 Å². The summed E-state index contributed by atoms with van der Waals surface area (Å²) in [4.78, 5) is 27.0. The van der Waals surface area contributed by atoms with Crippen LogP contribution in [0.5, 0.6) is 0 Å². The number of fused-ring (bicyclic) bond motifs is 1. The molecule has 6 nitrogen and oxygen atoms in total. The number of carbonyl (C=O) groups is 1. The van der Waals surface area contributed by atoms with Crippen molar-refractivity contribution in [2.24, 2.45) is 7.05 Å². The monoisotopic (exact) mass is 261 g/mol. The quantitative estimate of drug-likeness (QED) is 0.821. The van der Waals surface area contributed by atoms with E-state index in [1.165, 1.54) is 4.57 Å². The molecular formula is C13H15N3O3. The summed E-state index contributed by atoms with van der Waals surface area (Å²) in [6.07, 6.45) is 4.07. The molecule has 2 aromatic heterocycles. The Morgan fingerprint density at radius 3 is 3.16 bits per heavy atom. The average molecular weight is 261 g/mol. The number of pyridine rings is 1. The molecule has 2 N–H and O–H groups in total. The third kappa shape index (κ3) is 2.04. The molecule has 0 aromatic carbocycles. The fourth-order valence-electron chi connectivity index (χ4n) is 2.36. The third-order valence-electron chi connectivity index (χ3n) is 3.40. The molecule has 1 aliphatic heterocycles. The Morgan fingerprint density at radius 1 is 1.58 bits per heavy atom. The van der Waals surface area contributed by atoms with Crippen LogP contribution in [-0.4, -0.2) is 34.7 Å². The van der Waals surface area contributed by atoms with Crippen LogP contribution in [-0.2, 0) is 11.8 Å². The molecule has 2 aromatic rings. The van der Waals surface area contributed by atoms with Gasteiger partial charge in [-0.3, -0.25) is 9.59 Å². The van der Waals surface area contributed by atoms with Crippen LogP contribution >= 0.6 is 0 Å². The molecule has 100 valence electrons. The van der Waals surface area contributed by atoms with Gasteiger partial charge < -0.3 is 19.6 Å². The Hall–Kier alpha value is -2.08. The van der Waals surface area contributed by atoms with Crippen molar-refractivity contribution in [3.8, 4) is 0 Å². The number of aromatic amines is 1. The van der Waals surface area contributed by atoms with Crippen molar-refractivity contribution >= 4 is 16.8 Å². The fraction of sp³-hybridized carbons (Fsp3) is 0.385. The van der Waals surface area contributed by atoms with Crippen LogP contribution < -0.4 is 10.9 Å². The summed E-state index contributed by atoms with van der Waals surface area (Å²) in [5.74, 6) is -0.171. The number of nitrogens with zero attached hydrogens (tertiary/aromatic N) is 1. The van der Waals surface area contributed by atoms with E-state index in [4.69, 9.17) is 4.74 Å². The molecule has 6 heteroatoms. The Kier molecular flexibility index (Phi) is 2.87. The minimum absolute atomic E-state index is 0.0544. The van der Waals surface area contributed by atoms with E-state index in [9.17, 15) is 9.59 Å². The van der Waals surface area contributed by atoms with Crippen LogP contribution in [0, 0.1) is 0 Å². The number of hydrogen-bond acceptors (Lipinski definition) is 3. The zero-order valence-corrected chi connectivity index (χ0v) is 10.6. The first-order chi connectivity index (χ1) is 9.16. The number of H-pyrrole nitrogens is 1. The second-order valence-corrected chi connectivity index (χ2v) is 4.76. The molecular weight excluding hydrogens is 246 g/mol. The SMILES string of the molecule is Cn1cc(C(=O)NC2CCOC2)c2cc[nH]c2c1=O. The Morgan fingerprint density at radius 2 is 2.42 bits per heavy atom. The molecule has 1 aliphatic rings. The first-order valence-electron chi connectivity index (χ1n) is 6.22. The normalized spacial score (nSPS) is 18.9. The summed E-state index contributed by atoms with van der Waals surface area (Å²) in [6.45, 7) is 1.23. The fourth-order valence-corrected chi connectivity index (χ4v) is 2.36. The molecule has 19 heavy (non-hydrogen) atoms. The molecule has 0 saturated carbocycles. The maximum absolute atomic E-state index is 12.3. The minimum atomic E-state index is -0.171. The van der Waals surface area contributed by atoms with Crippen molar-refractivity contribution in [2.75, 3.05) is 13.2 Å². The molecule has 3 heterocycles. The number of amides is 1. The number of carbonyl (C=O) groups excluding carboxylic acids is 1. The van der Waals surface area contributed by atoms with E-state index in [1.54, 1.807) is 25.5 Å². The van der Waals surface area contributed by atoms with Gasteiger partial charge in [0, 0.05) is 31.4 Å². The highest BCUT2D eigenvalue weighted by molar-refractivity contribution is 6.06. The molecule has 0 aliphatic carbocycles. The van der Waals surface area contributed by atoms with E-state index < -0.39 is 0 Å². The van der Waals surface area contributed by atoms with Crippen molar-refractivity contribution in [1.29, 1.82) is 0 Å². The molecule has 1 saturated heterocycles. The largest absolute Gasteiger partial charge is 0.379 e. The van der Waals surface area contributed by atoms with Crippen molar-refractivity contribution in [2.45, 2.75) is 12.5 Å². The molecule has 0 spiro atoms. The van der Waals surface area contributed by atoms with Gasteiger partial charge in [0.25, 0.3) is 11.5 Å². The topological polar surface area (TPSA) is 76.1 Å². The van der Waals surface area contributed by atoms with Crippen molar-refractivity contribution in [3.63, 3.8) is 0 Å². The molecule has 3 rings (SSSR count). The van der Waals surface area contributed by atoms with Gasteiger partial charge in [-0.25, -0.2) is 0 Å². The Labute approximate surface area is 109 Å². The zero-order valence-electron chi connectivity index (χ0n) is 10.6. The van der Waals surface area contributed by atoms with E-state index in [-0.39, 0.29) is 17.5 Å². The van der Waals surface area contributed by atoms with Crippen LogP contribution in [0.1, 0.15) is 16.8 Å². The van der Waals surface area contributed by atoms with E-state index in [0.29, 0.717) is 29.7 Å². The standard InChI is InChI=1S/C13H15N3O3/c1-16-6-10(9-2-4-14-11(9)13(16)18)12(17)15-8-3-5-19-7-8/h2,4,6,8,14H,3,5,7H2,1H3,(H,15,17). The predicted octanol–water partition coefficient (Wildman–Crippen LogP) is 0.385. The van der Waals surface area contributed by atoms with Crippen LogP contribution in [0.4, 0.5) is 0 Å². The van der Waals surface area contributed by atoms with Gasteiger partial charge in [-0.2, -0.15) is 0 Å². The molecule has 1 fully saturated rings. The van der Waals surface area contributed by atoms with E-state index >= 15 is 0 Å². The lowest BCUT2D eigenvalue weighted by atomic mass is 10.1. The lowest BCUT2D eigenvalue weighted by molar-refractivity contribution is 0.0931. The molecule has 0 bridgehead atoms. The van der Waals surface area contributed by atoms with Crippen molar-refractivity contribution in [1.82, 2.24) is 14.9 Å². The molecule has 1 unspecified atom stereocenters. The van der Waals surface area contributed by atoms with Gasteiger partial charge in [-0.15, -0.1) is 0 Å². The number of aromatic nitrogens is 2. The van der Waals surface area contributed by atoms with Gasteiger partial charge in [0.1, 0.15) is 5.52 Å². The van der Waals surface area contributed by atoms with Gasteiger partial charge in [0.05, 0.1) is 18.2 Å². The number of aryl methyl sites for hydroxylation is 1. The van der Waals surface area contributed by atoms with E-state index in [1.807, 2.05) is 0 Å². The van der Waals surface area contributed by atoms with Crippen molar-refractivity contribution < 1.29 is 9.53 Å². The van der Waals surface area contributed by atoms with E-state index in [2.05, 4.69) is 10.3 Å². The summed E-state index contributed by atoms with van der Waals surface area (Å²) >= 11 is 0. The highest BCUT2D eigenvalue weighted by Gasteiger charge is 2.21. The van der Waals surface area contributed by atoms with Gasteiger partial charge in [0.2, 0.25) is 0 Å². The first kappa shape index (κ1) is 12.0. The van der Waals surface area contributed by atoms with Gasteiger partial charge in [-0.05, 0) is 12.5 Å². The zero-order chi connectivity index (χ0) is 13.4. The lowest BCUT2D eigenvalue weighted by Crippen LogP contribution is -2.35. The van der Waals surface area contributed by atoms with E-state index in [0.717, 1.165) is 6.42 Å². The number of ether oxygens (including phenoxy) is 1. The Bertz CT molecular complexity index is 680. The molecule has 0 radical (unpaired) electrons. The first-order valence-corrected chi connectivity index (χ1v) is 6.22. The Balaban J connectivity index is 1.99. The summed E-state index contributed by atoms with van der Waals surface area (Å²) in [5.41, 5.74) is 0.823. The number of rotatable bonds is 2. The predicted molar refractivity (Wildman–Crippen MR) is 70.2 cm³/mol. The maximum atomic E-state index is 12.3. The number of hydrogen-bond donors (Lipinski definition) is 2. The molecule has 1 atom stereocenters. The van der Waals surface area contributed by atoms with Gasteiger partial charge >= 0.3 is 0 Å². The lowest BCUT2D eigenvalue weighted by Gasteiger charge is -2.12. The third-order valence-corrected chi connectivity index (χ3v) is 3.40. The average Bonchev–Trinajstić information content (AvgIpc) is 3.04. The highest BCUT2D eigenvalue weighted by Crippen LogP contribution is 2.15. The maximum Gasteiger partial charge on any atom is 0.274 e. The number of nitrogens with one attached hydrogen (secondary N) is 2. The smallest absolute Gasteiger partial charge is 0.274 e. The van der Waals surface area contributed by atoms with Crippen LogP contribution in [0.2, 0.25) is 0 Å². The second kappa shape index (κ2) is 4.55.